The Hall–Kier alpha value is -0.570. The van der Waals surface area contributed by atoms with Crippen molar-refractivity contribution in [3.63, 3.8) is 0 Å². The van der Waals surface area contributed by atoms with Crippen LogP contribution >= 0.6 is 0 Å². The molecule has 3 heteroatoms. The van der Waals surface area contributed by atoms with Gasteiger partial charge in [-0.15, -0.1) is 0 Å². The fourth-order valence-electron chi connectivity index (χ4n) is 1.05. The van der Waals surface area contributed by atoms with E-state index in [4.69, 9.17) is 0 Å². The van der Waals surface area contributed by atoms with Crippen LogP contribution in [0.3, 0.4) is 0 Å². The van der Waals surface area contributed by atoms with E-state index in [9.17, 15) is 4.79 Å². The SMILES string of the molecule is CC(N)=O.CN1CCCCC1.[HH]. The van der Waals surface area contributed by atoms with Crippen LogP contribution in [0.5, 0.6) is 0 Å². The van der Waals surface area contributed by atoms with Gasteiger partial charge in [0.25, 0.3) is 0 Å². The minimum atomic E-state index is -0.333. The smallest absolute Gasteiger partial charge is 0.214 e. The molecule has 0 spiro atoms. The van der Waals surface area contributed by atoms with Crippen LogP contribution in [0.1, 0.15) is 27.6 Å². The maximum absolute atomic E-state index is 9.22. The molecular weight excluding hydrogens is 140 g/mol. The molecule has 0 radical (unpaired) electrons. The number of primary amides is 1. The van der Waals surface area contributed by atoms with Crippen molar-refractivity contribution in [2.75, 3.05) is 20.1 Å². The molecular formula is C8H20N2O. The van der Waals surface area contributed by atoms with Gasteiger partial charge >= 0.3 is 0 Å². The van der Waals surface area contributed by atoms with Gasteiger partial charge in [-0.05, 0) is 33.0 Å². The average Bonchev–Trinajstić information content (AvgIpc) is 1.87. The third kappa shape index (κ3) is 9.43. The first kappa shape index (κ1) is 10.4. The second-order valence-corrected chi connectivity index (χ2v) is 2.97. The van der Waals surface area contributed by atoms with Gasteiger partial charge in [-0.3, -0.25) is 4.79 Å². The molecule has 0 aromatic heterocycles. The monoisotopic (exact) mass is 160 g/mol. The summed E-state index contributed by atoms with van der Waals surface area (Å²) in [5, 5.41) is 0. The van der Waals surface area contributed by atoms with E-state index in [2.05, 4.69) is 17.7 Å². The Morgan fingerprint density at radius 2 is 1.73 bits per heavy atom. The molecule has 68 valence electrons. The highest BCUT2D eigenvalue weighted by atomic mass is 16.1. The fraction of sp³-hybridized carbons (Fsp3) is 0.875. The van der Waals surface area contributed by atoms with Crippen LogP contribution < -0.4 is 5.73 Å². The quantitative estimate of drug-likeness (QED) is 0.571. The predicted octanol–water partition coefficient (Wildman–Crippen LogP) is 0.840. The Labute approximate surface area is 70.0 Å². The van der Waals surface area contributed by atoms with E-state index in [0.717, 1.165) is 0 Å². The molecule has 0 aliphatic carbocycles. The molecule has 0 atom stereocenters. The Balaban J connectivity index is 0. The molecule has 0 aromatic carbocycles. The molecule has 1 aliphatic heterocycles. The molecule has 2 N–H and O–H groups in total. The lowest BCUT2D eigenvalue weighted by Gasteiger charge is -2.20. The van der Waals surface area contributed by atoms with Crippen LogP contribution in [0.25, 0.3) is 0 Å². The first-order chi connectivity index (χ1) is 5.13. The molecule has 11 heavy (non-hydrogen) atoms. The highest BCUT2D eigenvalue weighted by Crippen LogP contribution is 2.04. The second kappa shape index (κ2) is 6.16. The molecule has 0 aromatic rings. The summed E-state index contributed by atoms with van der Waals surface area (Å²) in [6.45, 7) is 3.94. The zero-order valence-corrected chi connectivity index (χ0v) is 7.47. The van der Waals surface area contributed by atoms with Crippen LogP contribution in [0.4, 0.5) is 0 Å². The molecule has 1 aliphatic rings. The Morgan fingerprint density at radius 1 is 1.36 bits per heavy atom. The van der Waals surface area contributed by atoms with Crippen molar-refractivity contribution in [3.8, 4) is 0 Å². The van der Waals surface area contributed by atoms with E-state index >= 15 is 0 Å². The largest absolute Gasteiger partial charge is 0.370 e. The molecule has 1 fully saturated rings. The maximum atomic E-state index is 9.22. The van der Waals surface area contributed by atoms with Crippen molar-refractivity contribution in [2.45, 2.75) is 26.2 Å². The number of piperidine rings is 1. The number of hydrogen-bond acceptors (Lipinski definition) is 2. The first-order valence-corrected chi connectivity index (χ1v) is 4.07. The second-order valence-electron chi connectivity index (χ2n) is 2.97. The van der Waals surface area contributed by atoms with Gasteiger partial charge in [-0.2, -0.15) is 0 Å². The Bertz CT molecular complexity index is 110. The minimum absolute atomic E-state index is 0. The molecule has 1 amide bonds. The fourth-order valence-corrected chi connectivity index (χ4v) is 1.05. The van der Waals surface area contributed by atoms with E-state index in [1.165, 1.54) is 39.3 Å². The van der Waals surface area contributed by atoms with Crippen LogP contribution in [-0.4, -0.2) is 30.9 Å². The lowest BCUT2D eigenvalue weighted by atomic mass is 10.1. The van der Waals surface area contributed by atoms with Crippen LogP contribution in [0, 0.1) is 0 Å². The summed E-state index contributed by atoms with van der Waals surface area (Å²) in [6, 6.07) is 0. The van der Waals surface area contributed by atoms with E-state index in [1.807, 2.05) is 0 Å². The number of amides is 1. The van der Waals surface area contributed by atoms with E-state index in [0.29, 0.717) is 0 Å². The van der Waals surface area contributed by atoms with Crippen LogP contribution in [-0.2, 0) is 4.79 Å². The number of carbonyl (C=O) groups excluding carboxylic acids is 1. The lowest BCUT2D eigenvalue weighted by Crippen LogP contribution is -2.24. The zero-order chi connectivity index (χ0) is 8.69. The summed E-state index contributed by atoms with van der Waals surface area (Å²) in [4.78, 5) is 11.6. The van der Waals surface area contributed by atoms with Crippen LogP contribution in [0.15, 0.2) is 0 Å². The Kier molecular flexibility index (Phi) is 5.84. The third-order valence-corrected chi connectivity index (χ3v) is 1.58. The van der Waals surface area contributed by atoms with Crippen molar-refractivity contribution < 1.29 is 6.22 Å². The highest BCUT2D eigenvalue weighted by molar-refractivity contribution is 5.70. The number of nitrogens with two attached hydrogens (primary N) is 1. The summed E-state index contributed by atoms with van der Waals surface area (Å²) >= 11 is 0. The van der Waals surface area contributed by atoms with Crippen LogP contribution in [0.2, 0.25) is 0 Å². The first-order valence-electron chi connectivity index (χ1n) is 4.07. The topological polar surface area (TPSA) is 46.3 Å². The minimum Gasteiger partial charge on any atom is -0.370 e. The van der Waals surface area contributed by atoms with Gasteiger partial charge in [0.2, 0.25) is 5.91 Å². The molecule has 0 bridgehead atoms. The summed E-state index contributed by atoms with van der Waals surface area (Å²) in [7, 11) is 2.19. The summed E-state index contributed by atoms with van der Waals surface area (Å²) in [5.74, 6) is -0.333. The van der Waals surface area contributed by atoms with E-state index < -0.39 is 0 Å². The number of likely N-dealkylation sites (tertiary alicyclic amines) is 1. The highest BCUT2D eigenvalue weighted by Gasteiger charge is 2.02. The number of rotatable bonds is 0. The van der Waals surface area contributed by atoms with E-state index in [-0.39, 0.29) is 7.33 Å². The molecule has 0 unspecified atom stereocenters. The zero-order valence-electron chi connectivity index (χ0n) is 7.47. The standard InChI is InChI=1S/C6H13N.C2H5NO.H2/c1-7-5-3-2-4-6-7;1-2(3)4;/h2-6H2,1H3;1H3,(H2,3,4);1H. The molecule has 1 heterocycles. The van der Waals surface area contributed by atoms with E-state index in [1.54, 1.807) is 0 Å². The van der Waals surface area contributed by atoms with Crippen molar-refractivity contribution in [1.29, 1.82) is 0 Å². The van der Waals surface area contributed by atoms with Gasteiger partial charge in [0, 0.05) is 8.35 Å². The van der Waals surface area contributed by atoms with Crippen molar-refractivity contribution in [1.82, 2.24) is 4.90 Å². The molecule has 0 saturated carbocycles. The summed E-state index contributed by atoms with van der Waals surface area (Å²) < 4.78 is 0. The molecule has 1 saturated heterocycles. The summed E-state index contributed by atoms with van der Waals surface area (Å²) in [5.41, 5.74) is 4.47. The van der Waals surface area contributed by atoms with Crippen molar-refractivity contribution in [2.24, 2.45) is 5.73 Å². The Morgan fingerprint density at radius 3 is 1.91 bits per heavy atom. The molecule has 1 rings (SSSR count). The van der Waals surface area contributed by atoms with Gasteiger partial charge in [0.15, 0.2) is 0 Å². The van der Waals surface area contributed by atoms with Gasteiger partial charge in [0.1, 0.15) is 0 Å². The summed E-state index contributed by atoms with van der Waals surface area (Å²) in [6.07, 6.45) is 4.28. The number of hydrogen-bond donors (Lipinski definition) is 1. The van der Waals surface area contributed by atoms with Gasteiger partial charge < -0.3 is 10.6 Å². The average molecular weight is 160 g/mol. The predicted molar refractivity (Wildman–Crippen MR) is 48.3 cm³/mol. The number of nitrogens with zero attached hydrogens (tertiary/aromatic N) is 1. The third-order valence-electron chi connectivity index (χ3n) is 1.58. The van der Waals surface area contributed by atoms with Crippen molar-refractivity contribution >= 4 is 5.91 Å². The van der Waals surface area contributed by atoms with Gasteiger partial charge in [0.05, 0.1) is 0 Å². The maximum Gasteiger partial charge on any atom is 0.214 e. The van der Waals surface area contributed by atoms with Gasteiger partial charge in [-0.25, -0.2) is 0 Å². The van der Waals surface area contributed by atoms with Crippen molar-refractivity contribution in [3.05, 3.63) is 0 Å². The molecule has 3 nitrogen and oxygen atoms in total. The van der Waals surface area contributed by atoms with Gasteiger partial charge in [-0.1, -0.05) is 6.42 Å². The lowest BCUT2D eigenvalue weighted by molar-refractivity contribution is -0.115. The normalized spacial score (nSPS) is 18.4. The number of carbonyl (C=O) groups is 1.